The van der Waals surface area contributed by atoms with Crippen LogP contribution in [0.1, 0.15) is 10.4 Å². The maximum atomic E-state index is 11.9. The van der Waals surface area contributed by atoms with Gasteiger partial charge in [-0.25, -0.2) is 0 Å². The highest BCUT2D eigenvalue weighted by Gasteiger charge is 2.07. The van der Waals surface area contributed by atoms with Crippen LogP contribution in [0.15, 0.2) is 42.5 Å². The summed E-state index contributed by atoms with van der Waals surface area (Å²) in [4.78, 5) is 11.9. The summed E-state index contributed by atoms with van der Waals surface area (Å²) < 4.78 is 0. The minimum absolute atomic E-state index is 0.0782. The van der Waals surface area contributed by atoms with Crippen LogP contribution in [0, 0.1) is 0 Å². The van der Waals surface area contributed by atoms with Crippen molar-refractivity contribution in [1.82, 2.24) is 0 Å². The first kappa shape index (κ1) is 12.7. The molecular weight excluding hydrogens is 273 g/mol. The first-order valence-electron chi connectivity index (χ1n) is 5.12. The van der Waals surface area contributed by atoms with E-state index in [-0.39, 0.29) is 16.7 Å². The van der Waals surface area contributed by atoms with Crippen molar-refractivity contribution in [1.29, 1.82) is 0 Å². The third-order valence-corrected chi connectivity index (χ3v) is 2.88. The van der Waals surface area contributed by atoms with Crippen LogP contribution in [-0.4, -0.2) is 11.0 Å². The van der Waals surface area contributed by atoms with Crippen LogP contribution < -0.4 is 5.32 Å². The molecule has 0 aliphatic rings. The molecular formula is C13H9Cl2NO2. The number of carbonyl (C=O) groups excluding carboxylic acids is 1. The van der Waals surface area contributed by atoms with Gasteiger partial charge in [-0.2, -0.15) is 0 Å². The van der Waals surface area contributed by atoms with Gasteiger partial charge in [-0.05, 0) is 36.4 Å². The molecule has 2 rings (SSSR count). The summed E-state index contributed by atoms with van der Waals surface area (Å²) in [6.07, 6.45) is 0. The highest BCUT2D eigenvalue weighted by Crippen LogP contribution is 2.26. The topological polar surface area (TPSA) is 49.3 Å². The van der Waals surface area contributed by atoms with Crippen LogP contribution in [0.2, 0.25) is 10.0 Å². The summed E-state index contributed by atoms with van der Waals surface area (Å²) in [7, 11) is 0. The zero-order valence-corrected chi connectivity index (χ0v) is 10.7. The Kier molecular flexibility index (Phi) is 3.75. The number of carbonyl (C=O) groups is 1. The Morgan fingerprint density at radius 3 is 2.33 bits per heavy atom. The van der Waals surface area contributed by atoms with Gasteiger partial charge >= 0.3 is 0 Å². The molecule has 2 aromatic rings. The van der Waals surface area contributed by atoms with Gasteiger partial charge < -0.3 is 10.4 Å². The number of aromatic hydroxyl groups is 1. The second kappa shape index (κ2) is 5.29. The Morgan fingerprint density at radius 2 is 1.72 bits per heavy atom. The minimum atomic E-state index is -0.284. The second-order valence-corrected chi connectivity index (χ2v) is 4.47. The van der Waals surface area contributed by atoms with Gasteiger partial charge in [0.25, 0.3) is 5.91 Å². The first-order chi connectivity index (χ1) is 8.56. The number of rotatable bonds is 2. The lowest BCUT2D eigenvalue weighted by Crippen LogP contribution is -2.11. The average molecular weight is 282 g/mol. The van der Waals surface area contributed by atoms with Gasteiger partial charge in [0.1, 0.15) is 5.75 Å². The van der Waals surface area contributed by atoms with Crippen LogP contribution in [0.4, 0.5) is 5.69 Å². The Morgan fingerprint density at radius 1 is 1.06 bits per heavy atom. The molecule has 0 saturated carbocycles. The minimum Gasteiger partial charge on any atom is -0.506 e. The highest BCUT2D eigenvalue weighted by molar-refractivity contribution is 6.32. The second-order valence-electron chi connectivity index (χ2n) is 3.63. The van der Waals surface area contributed by atoms with Gasteiger partial charge in [0.05, 0.1) is 5.02 Å². The molecule has 0 fully saturated rings. The Bertz CT molecular complexity index is 582. The third-order valence-electron chi connectivity index (χ3n) is 2.31. The van der Waals surface area contributed by atoms with E-state index in [1.54, 1.807) is 30.3 Å². The predicted octanol–water partition coefficient (Wildman–Crippen LogP) is 3.95. The predicted molar refractivity (Wildman–Crippen MR) is 72.5 cm³/mol. The van der Waals surface area contributed by atoms with Gasteiger partial charge in [-0.3, -0.25) is 4.79 Å². The number of hydrogen-bond donors (Lipinski definition) is 2. The summed E-state index contributed by atoms with van der Waals surface area (Å²) in [5, 5.41) is 12.9. The third kappa shape index (κ3) is 2.94. The highest BCUT2D eigenvalue weighted by atomic mass is 35.5. The van der Waals surface area contributed by atoms with E-state index < -0.39 is 0 Å². The zero-order chi connectivity index (χ0) is 13.1. The lowest BCUT2D eigenvalue weighted by molar-refractivity contribution is 0.102. The number of phenolic OH excluding ortho intramolecular Hbond substituents is 1. The maximum absolute atomic E-state index is 11.9. The number of halogens is 2. The molecule has 0 spiro atoms. The fraction of sp³-hybridized carbons (Fsp3) is 0. The number of amides is 1. The summed E-state index contributed by atoms with van der Waals surface area (Å²) in [5.41, 5.74) is 0.950. The van der Waals surface area contributed by atoms with E-state index in [0.29, 0.717) is 16.3 Å². The molecule has 0 radical (unpaired) electrons. The van der Waals surface area contributed by atoms with Crippen molar-refractivity contribution in [2.75, 3.05) is 5.32 Å². The van der Waals surface area contributed by atoms with Gasteiger partial charge in [0.15, 0.2) is 0 Å². The van der Waals surface area contributed by atoms with Crippen LogP contribution >= 0.6 is 23.2 Å². The molecule has 2 aromatic carbocycles. The Balaban J connectivity index is 2.16. The molecule has 0 aliphatic carbocycles. The van der Waals surface area contributed by atoms with Crippen molar-refractivity contribution < 1.29 is 9.90 Å². The van der Waals surface area contributed by atoms with E-state index in [0.717, 1.165) is 0 Å². The Hall–Kier alpha value is -1.71. The fourth-order valence-corrected chi connectivity index (χ4v) is 1.64. The fourth-order valence-electron chi connectivity index (χ4n) is 1.39. The molecule has 0 aromatic heterocycles. The maximum Gasteiger partial charge on any atom is 0.255 e. The lowest BCUT2D eigenvalue weighted by atomic mass is 10.2. The summed E-state index contributed by atoms with van der Waals surface area (Å²) in [5.74, 6) is -0.362. The van der Waals surface area contributed by atoms with E-state index in [2.05, 4.69) is 5.32 Å². The van der Waals surface area contributed by atoms with Crippen LogP contribution in [0.3, 0.4) is 0 Å². The monoisotopic (exact) mass is 281 g/mol. The normalized spacial score (nSPS) is 10.1. The zero-order valence-electron chi connectivity index (χ0n) is 9.15. The molecule has 0 bridgehead atoms. The molecule has 0 saturated heterocycles. The molecule has 0 heterocycles. The van der Waals surface area contributed by atoms with Gasteiger partial charge in [-0.15, -0.1) is 0 Å². The van der Waals surface area contributed by atoms with Crippen LogP contribution in [-0.2, 0) is 0 Å². The van der Waals surface area contributed by atoms with E-state index in [4.69, 9.17) is 23.2 Å². The molecule has 0 aliphatic heterocycles. The molecule has 1 amide bonds. The van der Waals surface area contributed by atoms with Crippen molar-refractivity contribution in [3.63, 3.8) is 0 Å². The van der Waals surface area contributed by atoms with Gasteiger partial charge in [0.2, 0.25) is 0 Å². The first-order valence-corrected chi connectivity index (χ1v) is 5.87. The standard InChI is InChI=1S/C13H9Cl2NO2/c14-9-3-1-8(2-4-9)13(18)16-10-5-6-11(15)12(17)7-10/h1-7,17H,(H,16,18). The number of phenols is 1. The Labute approximate surface area is 114 Å². The van der Waals surface area contributed by atoms with Crippen molar-refractivity contribution in [2.45, 2.75) is 0 Å². The molecule has 92 valence electrons. The summed E-state index contributed by atoms with van der Waals surface area (Å²) in [6.45, 7) is 0. The number of benzene rings is 2. The largest absolute Gasteiger partial charge is 0.506 e. The van der Waals surface area contributed by atoms with Crippen molar-refractivity contribution in [3.05, 3.63) is 58.1 Å². The van der Waals surface area contributed by atoms with Crippen molar-refractivity contribution in [2.24, 2.45) is 0 Å². The number of anilines is 1. The van der Waals surface area contributed by atoms with E-state index >= 15 is 0 Å². The van der Waals surface area contributed by atoms with E-state index in [1.807, 2.05) is 0 Å². The quantitative estimate of drug-likeness (QED) is 0.876. The molecule has 5 heteroatoms. The molecule has 0 atom stereocenters. The van der Waals surface area contributed by atoms with E-state index in [1.165, 1.54) is 12.1 Å². The number of hydrogen-bond acceptors (Lipinski definition) is 2. The van der Waals surface area contributed by atoms with E-state index in [9.17, 15) is 9.90 Å². The van der Waals surface area contributed by atoms with Crippen LogP contribution in [0.25, 0.3) is 0 Å². The average Bonchev–Trinajstić information content (AvgIpc) is 2.34. The number of nitrogens with one attached hydrogen (secondary N) is 1. The van der Waals surface area contributed by atoms with Crippen molar-refractivity contribution >= 4 is 34.8 Å². The van der Waals surface area contributed by atoms with Crippen LogP contribution in [0.5, 0.6) is 5.75 Å². The summed E-state index contributed by atoms with van der Waals surface area (Å²) >= 11 is 11.4. The summed E-state index contributed by atoms with van der Waals surface area (Å²) in [6, 6.07) is 11.0. The molecule has 0 unspecified atom stereocenters. The van der Waals surface area contributed by atoms with Crippen molar-refractivity contribution in [3.8, 4) is 5.75 Å². The van der Waals surface area contributed by atoms with Gasteiger partial charge in [-0.1, -0.05) is 23.2 Å². The smallest absolute Gasteiger partial charge is 0.255 e. The molecule has 18 heavy (non-hydrogen) atoms. The van der Waals surface area contributed by atoms with Gasteiger partial charge in [0, 0.05) is 22.3 Å². The SMILES string of the molecule is O=C(Nc1ccc(Cl)c(O)c1)c1ccc(Cl)cc1. The molecule has 3 nitrogen and oxygen atoms in total. The lowest BCUT2D eigenvalue weighted by Gasteiger charge is -2.06. The molecule has 2 N–H and O–H groups in total.